The van der Waals surface area contributed by atoms with Gasteiger partial charge in [-0.3, -0.25) is 9.59 Å². The monoisotopic (exact) mass is 338 g/mol. The Bertz CT molecular complexity index is 316. The summed E-state index contributed by atoms with van der Waals surface area (Å²) >= 11 is 3.35. The molecular formula is C13H23BrO5. The minimum Gasteiger partial charge on any atom is -0.469 e. The highest BCUT2D eigenvalue weighted by atomic mass is 79.9. The second kappa shape index (κ2) is 7.85. The van der Waals surface area contributed by atoms with Crippen molar-refractivity contribution in [1.29, 1.82) is 0 Å². The van der Waals surface area contributed by atoms with Gasteiger partial charge in [0.15, 0.2) is 0 Å². The quantitative estimate of drug-likeness (QED) is 0.386. The zero-order valence-corrected chi connectivity index (χ0v) is 13.8. The molecule has 0 aliphatic rings. The van der Waals surface area contributed by atoms with E-state index in [1.807, 2.05) is 6.92 Å². The van der Waals surface area contributed by atoms with E-state index in [0.29, 0.717) is 19.4 Å². The standard InChI is InChI=1S/C13H23BrO5/c1-6-12(2,10(15)18-5)9-13(3,14)11(16)19-8-7-17-4/h6-9H2,1-5H3. The lowest BCUT2D eigenvalue weighted by Crippen LogP contribution is -2.41. The molecule has 0 saturated carbocycles. The molecule has 6 heteroatoms. The van der Waals surface area contributed by atoms with Crippen molar-refractivity contribution in [2.75, 3.05) is 27.4 Å². The molecular weight excluding hydrogens is 316 g/mol. The maximum atomic E-state index is 12.0. The molecule has 112 valence electrons. The van der Waals surface area contributed by atoms with Gasteiger partial charge in [0.2, 0.25) is 0 Å². The summed E-state index contributed by atoms with van der Waals surface area (Å²) in [5, 5.41) is 0. The average molecular weight is 339 g/mol. The van der Waals surface area contributed by atoms with E-state index in [1.54, 1.807) is 13.8 Å². The summed E-state index contributed by atoms with van der Waals surface area (Å²) in [4.78, 5) is 23.8. The summed E-state index contributed by atoms with van der Waals surface area (Å²) < 4.78 is 13.8. The molecule has 0 rings (SSSR count). The Balaban J connectivity index is 4.72. The lowest BCUT2D eigenvalue weighted by atomic mass is 9.79. The lowest BCUT2D eigenvalue weighted by Gasteiger charge is -2.32. The van der Waals surface area contributed by atoms with Crippen molar-refractivity contribution in [3.8, 4) is 0 Å². The fourth-order valence-corrected chi connectivity index (χ4v) is 2.49. The van der Waals surface area contributed by atoms with Gasteiger partial charge in [-0.2, -0.15) is 0 Å². The molecule has 0 fully saturated rings. The molecule has 0 aromatic heterocycles. The van der Waals surface area contributed by atoms with Gasteiger partial charge in [0.25, 0.3) is 0 Å². The van der Waals surface area contributed by atoms with Crippen molar-refractivity contribution in [1.82, 2.24) is 0 Å². The van der Waals surface area contributed by atoms with Crippen LogP contribution in [0.2, 0.25) is 0 Å². The maximum Gasteiger partial charge on any atom is 0.322 e. The van der Waals surface area contributed by atoms with Gasteiger partial charge in [0.05, 0.1) is 19.1 Å². The summed E-state index contributed by atoms with van der Waals surface area (Å²) in [5.74, 6) is -0.738. The first-order chi connectivity index (χ1) is 8.73. The first-order valence-electron chi connectivity index (χ1n) is 6.17. The van der Waals surface area contributed by atoms with Crippen LogP contribution in [0.1, 0.15) is 33.6 Å². The number of methoxy groups -OCH3 is 2. The summed E-state index contributed by atoms with van der Waals surface area (Å²) in [7, 11) is 2.88. The first-order valence-corrected chi connectivity index (χ1v) is 6.96. The van der Waals surface area contributed by atoms with Crippen LogP contribution in [0, 0.1) is 5.41 Å². The minimum atomic E-state index is -0.931. The predicted octanol–water partition coefficient (Wildman–Crippen LogP) is 2.31. The van der Waals surface area contributed by atoms with Crippen LogP contribution >= 0.6 is 15.9 Å². The van der Waals surface area contributed by atoms with Gasteiger partial charge in [0.1, 0.15) is 10.9 Å². The largest absolute Gasteiger partial charge is 0.469 e. The van der Waals surface area contributed by atoms with Gasteiger partial charge in [-0.05, 0) is 26.7 Å². The molecule has 0 heterocycles. The van der Waals surface area contributed by atoms with E-state index in [0.717, 1.165) is 0 Å². The van der Waals surface area contributed by atoms with E-state index in [1.165, 1.54) is 14.2 Å². The molecule has 0 saturated heterocycles. The molecule has 0 N–H and O–H groups in total. The van der Waals surface area contributed by atoms with Crippen molar-refractivity contribution < 1.29 is 23.8 Å². The fraction of sp³-hybridized carbons (Fsp3) is 0.846. The second-order valence-corrected chi connectivity index (χ2v) is 6.66. The van der Waals surface area contributed by atoms with Gasteiger partial charge in [-0.1, -0.05) is 22.9 Å². The first kappa shape index (κ1) is 18.4. The van der Waals surface area contributed by atoms with E-state index < -0.39 is 15.7 Å². The van der Waals surface area contributed by atoms with Gasteiger partial charge >= 0.3 is 11.9 Å². The number of hydrogen-bond donors (Lipinski definition) is 0. The van der Waals surface area contributed by atoms with Gasteiger partial charge < -0.3 is 14.2 Å². The highest BCUT2D eigenvalue weighted by molar-refractivity contribution is 9.10. The molecule has 5 nitrogen and oxygen atoms in total. The third-order valence-electron chi connectivity index (χ3n) is 3.13. The van der Waals surface area contributed by atoms with E-state index in [-0.39, 0.29) is 12.6 Å². The van der Waals surface area contributed by atoms with Crippen LogP contribution < -0.4 is 0 Å². The molecule has 0 bridgehead atoms. The van der Waals surface area contributed by atoms with E-state index >= 15 is 0 Å². The van der Waals surface area contributed by atoms with Crippen molar-refractivity contribution in [3.63, 3.8) is 0 Å². The summed E-state index contributed by atoms with van der Waals surface area (Å²) in [6.07, 6.45) is 0.876. The highest BCUT2D eigenvalue weighted by Gasteiger charge is 2.43. The van der Waals surface area contributed by atoms with Crippen LogP contribution in [0.25, 0.3) is 0 Å². The average Bonchev–Trinajstić information content (AvgIpc) is 2.37. The van der Waals surface area contributed by atoms with Crippen molar-refractivity contribution in [2.45, 2.75) is 37.9 Å². The smallest absolute Gasteiger partial charge is 0.322 e. The lowest BCUT2D eigenvalue weighted by molar-refractivity contribution is -0.155. The van der Waals surface area contributed by atoms with Gasteiger partial charge in [-0.25, -0.2) is 0 Å². The Morgan fingerprint density at radius 1 is 1.11 bits per heavy atom. The molecule has 0 radical (unpaired) electrons. The predicted molar refractivity (Wildman–Crippen MR) is 75.2 cm³/mol. The number of rotatable bonds is 8. The maximum absolute atomic E-state index is 12.0. The number of carbonyl (C=O) groups is 2. The number of carbonyl (C=O) groups excluding carboxylic acids is 2. The molecule has 0 aliphatic carbocycles. The third-order valence-corrected chi connectivity index (χ3v) is 3.73. The second-order valence-electron chi connectivity index (χ2n) is 4.91. The summed E-state index contributed by atoms with van der Waals surface area (Å²) in [6.45, 7) is 5.89. The molecule has 0 spiro atoms. The van der Waals surface area contributed by atoms with Crippen LogP contribution in [0.4, 0.5) is 0 Å². The van der Waals surface area contributed by atoms with Gasteiger partial charge in [0, 0.05) is 7.11 Å². The zero-order valence-electron chi connectivity index (χ0n) is 12.2. The number of alkyl halides is 1. The molecule has 2 atom stereocenters. The normalized spacial score (nSPS) is 17.2. The van der Waals surface area contributed by atoms with E-state index in [4.69, 9.17) is 14.2 Å². The van der Waals surface area contributed by atoms with Crippen molar-refractivity contribution in [2.24, 2.45) is 5.41 Å². The van der Waals surface area contributed by atoms with E-state index in [9.17, 15) is 9.59 Å². The summed E-state index contributed by atoms with van der Waals surface area (Å²) in [5.41, 5.74) is -0.729. The summed E-state index contributed by atoms with van der Waals surface area (Å²) in [6, 6.07) is 0. The number of halogens is 1. The Morgan fingerprint density at radius 2 is 1.68 bits per heavy atom. The number of esters is 2. The molecule has 2 unspecified atom stereocenters. The molecule has 19 heavy (non-hydrogen) atoms. The minimum absolute atomic E-state index is 0.192. The molecule has 0 aliphatic heterocycles. The SMILES string of the molecule is CCC(C)(CC(C)(Br)C(=O)OCCOC)C(=O)OC. The Kier molecular flexibility index (Phi) is 7.59. The van der Waals surface area contributed by atoms with Crippen LogP contribution in [-0.4, -0.2) is 43.7 Å². The highest BCUT2D eigenvalue weighted by Crippen LogP contribution is 2.38. The van der Waals surface area contributed by atoms with Gasteiger partial charge in [-0.15, -0.1) is 0 Å². The number of hydrogen-bond acceptors (Lipinski definition) is 5. The van der Waals surface area contributed by atoms with Crippen LogP contribution in [0.3, 0.4) is 0 Å². The topological polar surface area (TPSA) is 61.8 Å². The zero-order chi connectivity index (χ0) is 15.1. The van der Waals surface area contributed by atoms with Crippen LogP contribution in [0.15, 0.2) is 0 Å². The van der Waals surface area contributed by atoms with Crippen LogP contribution in [0.5, 0.6) is 0 Å². The van der Waals surface area contributed by atoms with E-state index in [2.05, 4.69) is 15.9 Å². The third kappa shape index (κ3) is 5.48. The van der Waals surface area contributed by atoms with Crippen LogP contribution in [-0.2, 0) is 23.8 Å². The molecule has 0 aromatic rings. The fourth-order valence-electron chi connectivity index (χ4n) is 1.76. The van der Waals surface area contributed by atoms with Crippen molar-refractivity contribution in [3.05, 3.63) is 0 Å². The Hall–Kier alpha value is -0.620. The van der Waals surface area contributed by atoms with Crippen molar-refractivity contribution >= 4 is 27.9 Å². The number of ether oxygens (including phenoxy) is 3. The molecule has 0 amide bonds. The molecule has 0 aromatic carbocycles. The Labute approximate surface area is 123 Å². The Morgan fingerprint density at radius 3 is 2.11 bits per heavy atom.